The Labute approximate surface area is 140 Å². The van der Waals surface area contributed by atoms with Gasteiger partial charge in [0.15, 0.2) is 15.0 Å². The monoisotopic (exact) mass is 378 g/mol. The molecule has 24 heavy (non-hydrogen) atoms. The number of nitrogens with one attached hydrogen (secondary N) is 1. The molecule has 0 unspecified atom stereocenters. The Morgan fingerprint density at radius 3 is 2.58 bits per heavy atom. The maximum Gasteiger partial charge on any atom is 0.416 e. The molecule has 1 atom stereocenters. The summed E-state index contributed by atoms with van der Waals surface area (Å²) in [6.07, 6.45) is -3.53. The minimum absolute atomic E-state index is 0.114. The fourth-order valence-electron chi connectivity index (χ4n) is 1.72. The van der Waals surface area contributed by atoms with Crippen molar-refractivity contribution < 1.29 is 26.4 Å². The number of alkyl halides is 3. The molecule has 1 aromatic carbocycles. The van der Waals surface area contributed by atoms with Crippen LogP contribution in [0.25, 0.3) is 11.3 Å². The van der Waals surface area contributed by atoms with Gasteiger partial charge in [-0.15, -0.1) is 11.3 Å². The Bertz CT molecular complexity index is 860. The topological polar surface area (TPSA) is 76.1 Å². The van der Waals surface area contributed by atoms with Gasteiger partial charge in [0.25, 0.3) is 0 Å². The molecule has 1 heterocycles. The van der Waals surface area contributed by atoms with E-state index in [1.165, 1.54) is 24.4 Å². The number of nitrogens with zero attached hydrogens (tertiary/aromatic N) is 1. The number of rotatable bonds is 4. The molecule has 10 heteroatoms. The van der Waals surface area contributed by atoms with Crippen LogP contribution in [0.1, 0.15) is 12.5 Å². The third-order valence-corrected chi connectivity index (χ3v) is 5.49. The highest BCUT2D eigenvalue weighted by atomic mass is 32.2. The van der Waals surface area contributed by atoms with Crippen LogP contribution in [0.3, 0.4) is 0 Å². The SMILES string of the molecule is C[C@@H](C(=O)Nc1nc(-c2cccc(C(F)(F)F)c2)cs1)S(C)(=O)=O. The number of sulfone groups is 1. The molecule has 0 radical (unpaired) electrons. The van der Waals surface area contributed by atoms with Gasteiger partial charge in [0.05, 0.1) is 11.3 Å². The standard InChI is InChI=1S/C14H13F3N2O3S2/c1-8(24(2,21)22)12(20)19-13-18-11(7-23-13)9-4-3-5-10(6-9)14(15,16)17/h3-8H,1-2H3,(H,18,19,20)/t8-/m0/s1. The van der Waals surface area contributed by atoms with Crippen molar-refractivity contribution in [2.75, 3.05) is 11.6 Å². The highest BCUT2D eigenvalue weighted by Crippen LogP contribution is 2.33. The third-order valence-electron chi connectivity index (χ3n) is 3.23. The first kappa shape index (κ1) is 18.4. The van der Waals surface area contributed by atoms with Crippen LogP contribution in [-0.2, 0) is 20.8 Å². The van der Waals surface area contributed by atoms with Crippen molar-refractivity contribution in [3.63, 3.8) is 0 Å². The molecule has 2 aromatic rings. The quantitative estimate of drug-likeness (QED) is 0.886. The van der Waals surface area contributed by atoms with Crippen molar-refractivity contribution in [3.05, 3.63) is 35.2 Å². The van der Waals surface area contributed by atoms with E-state index >= 15 is 0 Å². The normalized spacial score (nSPS) is 13.5. The Morgan fingerprint density at radius 1 is 1.33 bits per heavy atom. The molecule has 2 rings (SSSR count). The summed E-state index contributed by atoms with van der Waals surface area (Å²) in [5.74, 6) is -0.748. The summed E-state index contributed by atoms with van der Waals surface area (Å²) < 4.78 is 60.9. The molecule has 1 amide bonds. The first-order valence-corrected chi connectivity index (χ1v) is 9.45. The molecule has 0 aliphatic carbocycles. The number of hydrogen-bond acceptors (Lipinski definition) is 5. The number of aromatic nitrogens is 1. The lowest BCUT2D eigenvalue weighted by atomic mass is 10.1. The molecule has 130 valence electrons. The lowest BCUT2D eigenvalue weighted by Crippen LogP contribution is -2.31. The smallest absolute Gasteiger partial charge is 0.301 e. The molecule has 1 aromatic heterocycles. The first-order chi connectivity index (χ1) is 11.0. The molecule has 0 saturated heterocycles. The van der Waals surface area contributed by atoms with Crippen molar-refractivity contribution in [2.24, 2.45) is 0 Å². The zero-order valence-corrected chi connectivity index (χ0v) is 14.2. The molecular weight excluding hydrogens is 365 g/mol. The zero-order chi connectivity index (χ0) is 18.1. The Balaban J connectivity index is 2.21. The van der Waals surface area contributed by atoms with Gasteiger partial charge in [-0.1, -0.05) is 12.1 Å². The van der Waals surface area contributed by atoms with E-state index in [9.17, 15) is 26.4 Å². The van der Waals surface area contributed by atoms with Crippen LogP contribution in [0.15, 0.2) is 29.6 Å². The van der Waals surface area contributed by atoms with Crippen molar-refractivity contribution >= 4 is 32.2 Å². The molecular formula is C14H13F3N2O3S2. The van der Waals surface area contributed by atoms with E-state index in [2.05, 4.69) is 10.3 Å². The van der Waals surface area contributed by atoms with Crippen LogP contribution < -0.4 is 5.32 Å². The van der Waals surface area contributed by atoms with Crippen molar-refractivity contribution in [2.45, 2.75) is 18.3 Å². The highest BCUT2D eigenvalue weighted by molar-refractivity contribution is 7.92. The number of amides is 1. The second-order valence-corrected chi connectivity index (χ2v) is 8.30. The number of anilines is 1. The Morgan fingerprint density at radius 2 is 2.00 bits per heavy atom. The van der Waals surface area contributed by atoms with Crippen LogP contribution in [0.5, 0.6) is 0 Å². The van der Waals surface area contributed by atoms with Gasteiger partial charge in [0.2, 0.25) is 5.91 Å². The second kappa shape index (κ2) is 6.52. The van der Waals surface area contributed by atoms with Gasteiger partial charge in [0.1, 0.15) is 5.25 Å². The number of hydrogen-bond donors (Lipinski definition) is 1. The molecule has 0 spiro atoms. The summed E-state index contributed by atoms with van der Waals surface area (Å²) in [5, 5.41) is 2.70. The fraction of sp³-hybridized carbons (Fsp3) is 0.286. The van der Waals surface area contributed by atoms with E-state index in [0.29, 0.717) is 0 Å². The zero-order valence-electron chi connectivity index (χ0n) is 12.6. The van der Waals surface area contributed by atoms with Gasteiger partial charge < -0.3 is 5.32 Å². The van der Waals surface area contributed by atoms with Crippen molar-refractivity contribution in [1.82, 2.24) is 4.98 Å². The van der Waals surface area contributed by atoms with Gasteiger partial charge in [-0.2, -0.15) is 13.2 Å². The van der Waals surface area contributed by atoms with E-state index in [-0.39, 0.29) is 16.4 Å². The van der Waals surface area contributed by atoms with Crippen molar-refractivity contribution in [1.29, 1.82) is 0 Å². The lowest BCUT2D eigenvalue weighted by Gasteiger charge is -2.08. The molecule has 5 nitrogen and oxygen atoms in total. The molecule has 0 saturated carbocycles. The van der Waals surface area contributed by atoms with Crippen molar-refractivity contribution in [3.8, 4) is 11.3 Å². The summed E-state index contributed by atoms with van der Waals surface area (Å²) in [6, 6.07) is 4.64. The van der Waals surface area contributed by atoms with Crippen LogP contribution in [-0.4, -0.2) is 30.8 Å². The van der Waals surface area contributed by atoms with Crippen LogP contribution in [0, 0.1) is 0 Å². The number of carbonyl (C=O) groups excluding carboxylic acids is 1. The van der Waals surface area contributed by atoms with E-state index in [0.717, 1.165) is 29.7 Å². The second-order valence-electron chi connectivity index (χ2n) is 5.08. The van der Waals surface area contributed by atoms with E-state index in [1.54, 1.807) is 0 Å². The van der Waals surface area contributed by atoms with Gasteiger partial charge >= 0.3 is 6.18 Å². The minimum atomic E-state index is -4.46. The molecule has 1 N–H and O–H groups in total. The predicted molar refractivity (Wildman–Crippen MR) is 85.5 cm³/mol. The molecule has 0 aliphatic heterocycles. The summed E-state index contributed by atoms with van der Waals surface area (Å²) in [4.78, 5) is 15.9. The molecule has 0 bridgehead atoms. The maximum absolute atomic E-state index is 12.7. The van der Waals surface area contributed by atoms with Gasteiger partial charge in [-0.3, -0.25) is 4.79 Å². The summed E-state index contributed by atoms with van der Waals surface area (Å²) in [5.41, 5.74) is -0.296. The molecule has 0 fully saturated rings. The highest BCUT2D eigenvalue weighted by Gasteiger charge is 2.30. The summed E-state index contributed by atoms with van der Waals surface area (Å²) in [6.45, 7) is 1.24. The third kappa shape index (κ3) is 4.32. The Hall–Kier alpha value is -1.94. The summed E-state index contributed by atoms with van der Waals surface area (Å²) >= 11 is 0.995. The molecule has 0 aliphatic rings. The van der Waals surface area contributed by atoms with Gasteiger partial charge in [0, 0.05) is 17.2 Å². The maximum atomic E-state index is 12.7. The summed E-state index contributed by atoms with van der Waals surface area (Å²) in [7, 11) is -3.55. The van der Waals surface area contributed by atoms with Crippen LogP contribution in [0.2, 0.25) is 0 Å². The van der Waals surface area contributed by atoms with E-state index < -0.39 is 32.7 Å². The Kier molecular flexibility index (Phi) is 5.00. The lowest BCUT2D eigenvalue weighted by molar-refractivity contribution is -0.137. The fourth-order valence-corrected chi connectivity index (χ4v) is 2.89. The number of thiazole rings is 1. The first-order valence-electron chi connectivity index (χ1n) is 6.61. The van der Waals surface area contributed by atoms with Crippen LogP contribution in [0.4, 0.5) is 18.3 Å². The number of benzene rings is 1. The number of halogens is 3. The van der Waals surface area contributed by atoms with Gasteiger partial charge in [-0.05, 0) is 19.1 Å². The predicted octanol–water partition coefficient (Wildman–Crippen LogP) is 3.20. The number of carbonyl (C=O) groups is 1. The average Bonchev–Trinajstić information content (AvgIpc) is 2.93. The largest absolute Gasteiger partial charge is 0.416 e. The van der Waals surface area contributed by atoms with E-state index in [1.807, 2.05) is 0 Å². The average molecular weight is 378 g/mol. The van der Waals surface area contributed by atoms with Crippen LogP contribution >= 0.6 is 11.3 Å². The minimum Gasteiger partial charge on any atom is -0.301 e. The van der Waals surface area contributed by atoms with E-state index in [4.69, 9.17) is 0 Å². The van der Waals surface area contributed by atoms with Gasteiger partial charge in [-0.25, -0.2) is 13.4 Å².